The molecule has 8 nitrogen and oxygen atoms in total. The van der Waals surface area contributed by atoms with E-state index in [4.69, 9.17) is 14.0 Å². The number of rotatable bonds is 4. The van der Waals surface area contributed by atoms with Crippen LogP contribution in [-0.4, -0.2) is 35.3 Å². The van der Waals surface area contributed by atoms with Crippen LogP contribution in [0.15, 0.2) is 34.9 Å². The van der Waals surface area contributed by atoms with Crippen LogP contribution in [0.25, 0.3) is 0 Å². The maximum Gasteiger partial charge on any atom is 0.262 e. The summed E-state index contributed by atoms with van der Waals surface area (Å²) in [4.78, 5) is 17.7. The van der Waals surface area contributed by atoms with Gasteiger partial charge >= 0.3 is 0 Å². The lowest BCUT2D eigenvalue weighted by Gasteiger charge is -2.38. The van der Waals surface area contributed by atoms with E-state index in [1.807, 2.05) is 6.07 Å². The first-order chi connectivity index (χ1) is 15.0. The maximum atomic E-state index is 14.8. The lowest BCUT2D eigenvalue weighted by atomic mass is 10.1. The second-order valence-corrected chi connectivity index (χ2v) is 7.43. The number of aryl methyl sites for hydroxylation is 1. The number of hydrogen-bond donors (Lipinski definition) is 1. The zero-order valence-electron chi connectivity index (χ0n) is 16.5. The van der Waals surface area contributed by atoms with E-state index in [2.05, 4.69) is 15.5 Å². The molecule has 1 amide bonds. The van der Waals surface area contributed by atoms with E-state index in [1.54, 1.807) is 24.0 Å². The van der Waals surface area contributed by atoms with Crippen LogP contribution in [0.5, 0.6) is 11.5 Å². The maximum absolute atomic E-state index is 14.8. The zero-order chi connectivity index (χ0) is 21.5. The Labute approximate surface area is 175 Å². The Morgan fingerprint density at radius 1 is 1.19 bits per heavy atom. The summed E-state index contributed by atoms with van der Waals surface area (Å²) in [5, 5.41) is 6.56. The highest BCUT2D eigenvalue weighted by molar-refractivity contribution is 5.95. The Morgan fingerprint density at radius 3 is 2.87 bits per heavy atom. The van der Waals surface area contributed by atoms with Crippen molar-refractivity contribution in [3.63, 3.8) is 0 Å². The minimum absolute atomic E-state index is 0.0361. The van der Waals surface area contributed by atoms with Crippen LogP contribution < -0.4 is 19.7 Å². The lowest BCUT2D eigenvalue weighted by Crippen LogP contribution is -2.44. The summed E-state index contributed by atoms with van der Waals surface area (Å²) in [5.74, 6) is -0.0909. The number of halogens is 2. The number of anilines is 2. The third-order valence-corrected chi connectivity index (χ3v) is 5.16. The smallest absolute Gasteiger partial charge is 0.262 e. The third kappa shape index (κ3) is 3.76. The van der Waals surface area contributed by atoms with Gasteiger partial charge < -0.3 is 24.2 Å². The van der Waals surface area contributed by atoms with Gasteiger partial charge in [0.2, 0.25) is 5.89 Å². The summed E-state index contributed by atoms with van der Waals surface area (Å²) in [6, 6.07) is 7.02. The predicted molar refractivity (Wildman–Crippen MR) is 105 cm³/mol. The van der Waals surface area contributed by atoms with Crippen LogP contribution in [-0.2, 0) is 17.8 Å². The van der Waals surface area contributed by atoms with Gasteiger partial charge in [-0.3, -0.25) is 4.79 Å². The predicted octanol–water partition coefficient (Wildman–Crippen LogP) is 3.00. The molecule has 31 heavy (non-hydrogen) atoms. The van der Waals surface area contributed by atoms with E-state index in [0.29, 0.717) is 29.6 Å². The van der Waals surface area contributed by atoms with Crippen molar-refractivity contribution in [1.29, 1.82) is 0 Å². The Kier molecular flexibility index (Phi) is 4.68. The van der Waals surface area contributed by atoms with Crippen molar-refractivity contribution in [1.82, 2.24) is 10.1 Å². The largest absolute Gasteiger partial charge is 0.489 e. The molecule has 0 radical (unpaired) electrons. The number of carbonyl (C=O) groups is 1. The second kappa shape index (κ2) is 7.53. The van der Waals surface area contributed by atoms with Crippen LogP contribution in [0.3, 0.4) is 0 Å². The molecule has 0 bridgehead atoms. The molecular formula is C21H18F2N4O4. The molecule has 2 aliphatic heterocycles. The van der Waals surface area contributed by atoms with E-state index >= 15 is 0 Å². The Bertz CT molecular complexity index is 1170. The highest BCUT2D eigenvalue weighted by Gasteiger charge is 2.33. The van der Waals surface area contributed by atoms with E-state index in [-0.39, 0.29) is 43.1 Å². The van der Waals surface area contributed by atoms with E-state index in [1.165, 1.54) is 6.07 Å². The average molecular weight is 428 g/mol. The lowest BCUT2D eigenvalue weighted by molar-refractivity contribution is -0.118. The standard InChI is InChI=1S/C21H18F2N4O4/c1-11-24-20(31-26-11)7-14-9-29-18-6-13(22)5-15(23)21(18)27(14)8-12-2-3-17-16(4-12)25-19(28)10-30-17/h2-6,14H,7-10H2,1H3,(H,25,28)/t14-/m1/s1. The fraction of sp³-hybridized carbons (Fsp3) is 0.286. The molecule has 0 saturated carbocycles. The SMILES string of the molecule is Cc1noc(C[C@@H]2COc3cc(F)cc(F)c3N2Cc2ccc3c(c2)NC(=O)CO3)n1. The summed E-state index contributed by atoms with van der Waals surface area (Å²) in [6.07, 6.45) is 0.321. The number of aromatic nitrogens is 2. The first-order valence-corrected chi connectivity index (χ1v) is 9.69. The van der Waals surface area contributed by atoms with Crippen molar-refractivity contribution in [2.45, 2.75) is 25.9 Å². The minimum atomic E-state index is -0.726. The number of amides is 1. The molecule has 0 saturated heterocycles. The average Bonchev–Trinajstić information content (AvgIpc) is 3.13. The molecule has 3 heterocycles. The Morgan fingerprint density at radius 2 is 2.06 bits per heavy atom. The molecule has 0 unspecified atom stereocenters. The number of carbonyl (C=O) groups excluding carboxylic acids is 1. The Hall–Kier alpha value is -3.69. The molecule has 160 valence electrons. The fourth-order valence-electron chi connectivity index (χ4n) is 3.82. The van der Waals surface area contributed by atoms with Gasteiger partial charge in [-0.05, 0) is 24.6 Å². The normalized spacial score (nSPS) is 17.3. The molecule has 5 rings (SSSR count). The number of nitrogens with one attached hydrogen (secondary N) is 1. The van der Waals surface area contributed by atoms with Crippen molar-refractivity contribution in [2.75, 3.05) is 23.4 Å². The van der Waals surface area contributed by atoms with Gasteiger partial charge in [0.1, 0.15) is 29.6 Å². The molecule has 3 aromatic rings. The van der Waals surface area contributed by atoms with Gasteiger partial charge in [-0.25, -0.2) is 8.78 Å². The summed E-state index contributed by atoms with van der Waals surface area (Å²) >= 11 is 0. The van der Waals surface area contributed by atoms with Gasteiger partial charge in [-0.15, -0.1) is 0 Å². The van der Waals surface area contributed by atoms with Crippen LogP contribution >= 0.6 is 0 Å². The van der Waals surface area contributed by atoms with Crippen LogP contribution in [0.4, 0.5) is 20.2 Å². The third-order valence-electron chi connectivity index (χ3n) is 5.16. The molecule has 2 aromatic carbocycles. The topological polar surface area (TPSA) is 89.7 Å². The van der Waals surface area contributed by atoms with Crippen molar-refractivity contribution in [3.05, 3.63) is 59.2 Å². The number of hydrogen-bond acceptors (Lipinski definition) is 7. The quantitative estimate of drug-likeness (QED) is 0.683. The van der Waals surface area contributed by atoms with Crippen molar-refractivity contribution in [3.8, 4) is 11.5 Å². The second-order valence-electron chi connectivity index (χ2n) is 7.43. The molecule has 10 heteroatoms. The zero-order valence-corrected chi connectivity index (χ0v) is 16.5. The van der Waals surface area contributed by atoms with E-state index in [0.717, 1.165) is 11.6 Å². The monoisotopic (exact) mass is 428 g/mol. The van der Waals surface area contributed by atoms with Crippen LogP contribution in [0, 0.1) is 18.6 Å². The number of benzene rings is 2. The fourth-order valence-corrected chi connectivity index (χ4v) is 3.82. The van der Waals surface area contributed by atoms with Crippen molar-refractivity contribution >= 4 is 17.3 Å². The van der Waals surface area contributed by atoms with Crippen LogP contribution in [0.2, 0.25) is 0 Å². The van der Waals surface area contributed by atoms with Gasteiger partial charge in [0.25, 0.3) is 5.91 Å². The van der Waals surface area contributed by atoms with Gasteiger partial charge in [0, 0.05) is 18.7 Å². The van der Waals surface area contributed by atoms with E-state index in [9.17, 15) is 13.6 Å². The number of nitrogens with zero attached hydrogens (tertiary/aromatic N) is 3. The van der Waals surface area contributed by atoms with Crippen LogP contribution in [0.1, 0.15) is 17.3 Å². The summed E-state index contributed by atoms with van der Waals surface area (Å²) in [5.41, 5.74) is 1.51. The molecule has 1 atom stereocenters. The highest BCUT2D eigenvalue weighted by atomic mass is 19.1. The van der Waals surface area contributed by atoms with Gasteiger partial charge in [-0.1, -0.05) is 11.2 Å². The molecule has 0 spiro atoms. The number of fused-ring (bicyclic) bond motifs is 2. The first-order valence-electron chi connectivity index (χ1n) is 9.69. The van der Waals surface area contributed by atoms with Gasteiger partial charge in [0.15, 0.2) is 18.2 Å². The Balaban J connectivity index is 1.50. The van der Waals surface area contributed by atoms with E-state index < -0.39 is 11.6 Å². The molecule has 0 aliphatic carbocycles. The molecule has 0 fully saturated rings. The minimum Gasteiger partial charge on any atom is -0.489 e. The van der Waals surface area contributed by atoms with Gasteiger partial charge in [-0.2, -0.15) is 4.98 Å². The number of ether oxygens (including phenoxy) is 2. The molecular weight excluding hydrogens is 410 g/mol. The van der Waals surface area contributed by atoms with Gasteiger partial charge in [0.05, 0.1) is 18.2 Å². The summed E-state index contributed by atoms with van der Waals surface area (Å²) in [7, 11) is 0. The molecule has 2 aliphatic rings. The summed E-state index contributed by atoms with van der Waals surface area (Å²) < 4.78 is 44.9. The molecule has 1 N–H and O–H groups in total. The molecule has 1 aromatic heterocycles. The first kappa shape index (κ1) is 19.3. The summed E-state index contributed by atoms with van der Waals surface area (Å²) in [6.45, 7) is 2.14. The van der Waals surface area contributed by atoms with Crippen molar-refractivity contribution < 1.29 is 27.6 Å². The van der Waals surface area contributed by atoms with Crippen molar-refractivity contribution in [2.24, 2.45) is 0 Å². The highest BCUT2D eigenvalue weighted by Crippen LogP contribution is 2.39.